The van der Waals surface area contributed by atoms with Crippen LogP contribution < -0.4 is 10.1 Å². The lowest BCUT2D eigenvalue weighted by Crippen LogP contribution is -2.38. The second-order valence-electron chi connectivity index (χ2n) is 9.19. The SMILES string of the molecule is CCCNC(=O)[C@@H](CC)Oc1ccc2c(c1)[C@H](c1ccccc1)N(Cc1cccc(C)c1)CC2. The Morgan fingerprint density at radius 2 is 1.88 bits per heavy atom. The number of rotatable bonds is 9. The summed E-state index contributed by atoms with van der Waals surface area (Å²) in [5.74, 6) is 0.721. The fraction of sp³-hybridized carbons (Fsp3) is 0.367. The Morgan fingerprint density at radius 1 is 1.06 bits per heavy atom. The number of carbonyl (C=O) groups excluding carboxylic acids is 1. The molecule has 4 nitrogen and oxygen atoms in total. The van der Waals surface area contributed by atoms with Gasteiger partial charge >= 0.3 is 0 Å². The quantitative estimate of drug-likeness (QED) is 0.441. The zero-order valence-corrected chi connectivity index (χ0v) is 20.6. The van der Waals surface area contributed by atoms with Crippen LogP contribution in [0, 0.1) is 6.92 Å². The molecule has 0 saturated heterocycles. The highest BCUT2D eigenvalue weighted by molar-refractivity contribution is 5.81. The summed E-state index contributed by atoms with van der Waals surface area (Å²) in [7, 11) is 0. The maximum atomic E-state index is 12.6. The van der Waals surface area contributed by atoms with Crippen LogP contribution in [-0.4, -0.2) is 30.0 Å². The van der Waals surface area contributed by atoms with Crippen molar-refractivity contribution in [1.82, 2.24) is 10.2 Å². The molecule has 0 aliphatic carbocycles. The zero-order valence-electron chi connectivity index (χ0n) is 20.6. The van der Waals surface area contributed by atoms with Crippen LogP contribution in [-0.2, 0) is 17.8 Å². The smallest absolute Gasteiger partial charge is 0.261 e. The lowest BCUT2D eigenvalue weighted by Gasteiger charge is -2.38. The van der Waals surface area contributed by atoms with E-state index in [2.05, 4.69) is 90.8 Å². The summed E-state index contributed by atoms with van der Waals surface area (Å²) in [4.78, 5) is 15.1. The van der Waals surface area contributed by atoms with Crippen LogP contribution in [0.4, 0.5) is 0 Å². The first-order chi connectivity index (χ1) is 16.6. The van der Waals surface area contributed by atoms with E-state index in [-0.39, 0.29) is 11.9 Å². The monoisotopic (exact) mass is 456 g/mol. The highest BCUT2D eigenvalue weighted by Gasteiger charge is 2.29. The number of fused-ring (bicyclic) bond motifs is 1. The molecule has 178 valence electrons. The molecule has 1 heterocycles. The van der Waals surface area contributed by atoms with Gasteiger partial charge < -0.3 is 10.1 Å². The van der Waals surface area contributed by atoms with Crippen LogP contribution in [0.3, 0.4) is 0 Å². The van der Waals surface area contributed by atoms with Gasteiger partial charge in [0.1, 0.15) is 5.75 Å². The van der Waals surface area contributed by atoms with Crippen LogP contribution >= 0.6 is 0 Å². The molecule has 1 N–H and O–H groups in total. The molecule has 1 amide bonds. The van der Waals surface area contributed by atoms with E-state index in [1.54, 1.807) is 0 Å². The van der Waals surface area contributed by atoms with Crippen molar-refractivity contribution in [2.45, 2.75) is 58.7 Å². The maximum absolute atomic E-state index is 12.6. The molecular weight excluding hydrogens is 420 g/mol. The lowest BCUT2D eigenvalue weighted by atomic mass is 9.87. The summed E-state index contributed by atoms with van der Waals surface area (Å²) in [5, 5.41) is 2.97. The number of nitrogens with zero attached hydrogens (tertiary/aromatic N) is 1. The maximum Gasteiger partial charge on any atom is 0.261 e. The minimum atomic E-state index is -0.480. The van der Waals surface area contributed by atoms with Gasteiger partial charge in [0.15, 0.2) is 6.10 Å². The standard InChI is InChI=1S/C30H36N2O2/c1-4-17-31-30(33)28(5-2)34-26-15-14-24-16-18-32(21-23-11-9-10-22(3)19-23)29(27(24)20-26)25-12-7-6-8-13-25/h6-15,19-20,28-29H,4-5,16-18,21H2,1-3H3,(H,31,33)/t28-,29+/m1/s1. The Morgan fingerprint density at radius 3 is 2.62 bits per heavy atom. The Balaban J connectivity index is 1.65. The fourth-order valence-electron chi connectivity index (χ4n) is 4.81. The van der Waals surface area contributed by atoms with E-state index in [9.17, 15) is 4.79 Å². The Kier molecular flexibility index (Phi) is 8.02. The van der Waals surface area contributed by atoms with Crippen molar-refractivity contribution in [1.29, 1.82) is 0 Å². The summed E-state index contributed by atoms with van der Waals surface area (Å²) >= 11 is 0. The number of amides is 1. The van der Waals surface area contributed by atoms with E-state index in [4.69, 9.17) is 4.74 Å². The van der Waals surface area contributed by atoms with Gasteiger partial charge in [-0.15, -0.1) is 0 Å². The minimum Gasteiger partial charge on any atom is -0.481 e. The zero-order chi connectivity index (χ0) is 23.9. The molecule has 2 atom stereocenters. The minimum absolute atomic E-state index is 0.0391. The average molecular weight is 457 g/mol. The first-order valence-corrected chi connectivity index (χ1v) is 12.5. The van der Waals surface area contributed by atoms with Crippen molar-refractivity contribution in [3.05, 3.63) is 101 Å². The summed E-state index contributed by atoms with van der Waals surface area (Å²) in [6, 6.07) is 26.0. The van der Waals surface area contributed by atoms with Gasteiger partial charge in [0, 0.05) is 19.6 Å². The highest BCUT2D eigenvalue weighted by atomic mass is 16.5. The number of benzene rings is 3. The highest BCUT2D eigenvalue weighted by Crippen LogP contribution is 2.38. The molecule has 34 heavy (non-hydrogen) atoms. The summed E-state index contributed by atoms with van der Waals surface area (Å²) in [6.07, 6.45) is 2.07. The van der Waals surface area contributed by atoms with E-state index in [1.165, 1.54) is 27.8 Å². The number of hydrogen-bond donors (Lipinski definition) is 1. The van der Waals surface area contributed by atoms with Gasteiger partial charge in [-0.05, 0) is 60.6 Å². The van der Waals surface area contributed by atoms with Crippen molar-refractivity contribution in [2.24, 2.45) is 0 Å². The van der Waals surface area contributed by atoms with Gasteiger partial charge in [-0.25, -0.2) is 0 Å². The predicted molar refractivity (Wildman–Crippen MR) is 138 cm³/mol. The normalized spacial score (nSPS) is 16.5. The van der Waals surface area contributed by atoms with Gasteiger partial charge in [-0.1, -0.05) is 80.1 Å². The second-order valence-corrected chi connectivity index (χ2v) is 9.19. The van der Waals surface area contributed by atoms with Crippen molar-refractivity contribution >= 4 is 5.91 Å². The first-order valence-electron chi connectivity index (χ1n) is 12.5. The molecular formula is C30H36N2O2. The number of aryl methyl sites for hydroxylation is 1. The van der Waals surface area contributed by atoms with Crippen molar-refractivity contribution < 1.29 is 9.53 Å². The number of nitrogens with one attached hydrogen (secondary N) is 1. The first kappa shape index (κ1) is 24.0. The molecule has 1 aliphatic rings. The molecule has 0 bridgehead atoms. The van der Waals surface area contributed by atoms with E-state index in [0.29, 0.717) is 13.0 Å². The van der Waals surface area contributed by atoms with Crippen LogP contribution in [0.1, 0.15) is 60.5 Å². The Hall–Kier alpha value is -3.11. The molecule has 0 fully saturated rings. The largest absolute Gasteiger partial charge is 0.481 e. The molecule has 4 heteroatoms. The van der Waals surface area contributed by atoms with Crippen LogP contribution in [0.2, 0.25) is 0 Å². The Bertz CT molecular complexity index is 1100. The molecule has 0 unspecified atom stereocenters. The molecule has 4 rings (SSSR count). The van der Waals surface area contributed by atoms with Gasteiger partial charge in [-0.3, -0.25) is 9.69 Å². The van der Waals surface area contributed by atoms with Gasteiger partial charge in [-0.2, -0.15) is 0 Å². The van der Waals surface area contributed by atoms with Gasteiger partial charge in [0.2, 0.25) is 0 Å². The van der Waals surface area contributed by atoms with Crippen LogP contribution in [0.5, 0.6) is 5.75 Å². The third-order valence-electron chi connectivity index (χ3n) is 6.52. The van der Waals surface area contributed by atoms with Crippen molar-refractivity contribution in [3.63, 3.8) is 0 Å². The Labute approximate surface area is 204 Å². The van der Waals surface area contributed by atoms with E-state index >= 15 is 0 Å². The second kappa shape index (κ2) is 11.3. The topological polar surface area (TPSA) is 41.6 Å². The fourth-order valence-corrected chi connectivity index (χ4v) is 4.81. The molecule has 1 aliphatic heterocycles. The summed E-state index contributed by atoms with van der Waals surface area (Å²) < 4.78 is 6.21. The number of carbonyl (C=O) groups is 1. The summed E-state index contributed by atoms with van der Waals surface area (Å²) in [6.45, 7) is 8.75. The molecule has 3 aromatic rings. The molecule has 0 saturated carbocycles. The number of ether oxygens (including phenoxy) is 1. The summed E-state index contributed by atoms with van der Waals surface area (Å²) in [5.41, 5.74) is 6.52. The number of hydrogen-bond acceptors (Lipinski definition) is 3. The third kappa shape index (κ3) is 5.68. The van der Waals surface area contributed by atoms with Crippen molar-refractivity contribution in [2.75, 3.05) is 13.1 Å². The average Bonchev–Trinajstić information content (AvgIpc) is 2.86. The molecule has 0 spiro atoms. The van der Waals surface area contributed by atoms with E-state index in [0.717, 1.165) is 31.7 Å². The molecule has 0 radical (unpaired) electrons. The van der Waals surface area contributed by atoms with Crippen LogP contribution in [0.25, 0.3) is 0 Å². The predicted octanol–water partition coefficient (Wildman–Crippen LogP) is 5.83. The van der Waals surface area contributed by atoms with Gasteiger partial charge in [0.05, 0.1) is 6.04 Å². The molecule has 3 aromatic carbocycles. The third-order valence-corrected chi connectivity index (χ3v) is 6.52. The molecule has 0 aromatic heterocycles. The van der Waals surface area contributed by atoms with Crippen LogP contribution in [0.15, 0.2) is 72.8 Å². The van der Waals surface area contributed by atoms with Gasteiger partial charge in [0.25, 0.3) is 5.91 Å². The van der Waals surface area contributed by atoms with E-state index in [1.807, 2.05) is 13.0 Å². The van der Waals surface area contributed by atoms with E-state index < -0.39 is 6.10 Å². The lowest BCUT2D eigenvalue weighted by molar-refractivity contribution is -0.128. The van der Waals surface area contributed by atoms with Crippen molar-refractivity contribution in [3.8, 4) is 5.75 Å².